The van der Waals surface area contributed by atoms with Crippen molar-refractivity contribution in [3.63, 3.8) is 0 Å². The topological polar surface area (TPSA) is 105 Å². The van der Waals surface area contributed by atoms with E-state index in [4.69, 9.17) is 9.26 Å². The van der Waals surface area contributed by atoms with E-state index in [9.17, 15) is 14.4 Å². The number of thiophene rings is 1. The molecule has 2 aromatic rings. The number of nitrogens with one attached hydrogen (secondary N) is 1. The summed E-state index contributed by atoms with van der Waals surface area (Å²) in [6, 6.07) is 1.63. The summed E-state index contributed by atoms with van der Waals surface area (Å²) in [7, 11) is 0. The zero-order chi connectivity index (χ0) is 23.5. The Hall–Kier alpha value is -2.72. The quantitative estimate of drug-likeness (QED) is 0.642. The number of aryl methyl sites for hydroxylation is 1. The van der Waals surface area contributed by atoms with Crippen LogP contribution in [-0.4, -0.2) is 72.1 Å². The van der Waals surface area contributed by atoms with Gasteiger partial charge in [-0.3, -0.25) is 14.5 Å². The first-order valence-corrected chi connectivity index (χ1v) is 12.2. The number of esters is 1. The highest BCUT2D eigenvalue weighted by Crippen LogP contribution is 2.40. The number of fused-ring (bicyclic) bond motifs is 1. The lowest BCUT2D eigenvalue weighted by Gasteiger charge is -2.33. The van der Waals surface area contributed by atoms with Gasteiger partial charge in [-0.05, 0) is 44.6 Å². The van der Waals surface area contributed by atoms with Crippen LogP contribution in [0.3, 0.4) is 0 Å². The number of hydrogen-bond acceptors (Lipinski definition) is 8. The molecule has 1 aliphatic carbocycles. The monoisotopic (exact) mass is 474 g/mol. The number of rotatable bonds is 6. The van der Waals surface area contributed by atoms with Crippen LogP contribution < -0.4 is 5.32 Å². The molecule has 1 unspecified atom stereocenters. The van der Waals surface area contributed by atoms with E-state index in [1.807, 2.05) is 4.90 Å². The van der Waals surface area contributed by atoms with E-state index >= 15 is 0 Å². The maximum absolute atomic E-state index is 12.8. The lowest BCUT2D eigenvalue weighted by atomic mass is 9.88. The predicted octanol–water partition coefficient (Wildman–Crippen LogP) is 2.74. The van der Waals surface area contributed by atoms with E-state index in [1.54, 1.807) is 24.8 Å². The number of carbonyl (C=O) groups is 3. The van der Waals surface area contributed by atoms with Crippen molar-refractivity contribution in [3.05, 3.63) is 33.5 Å². The van der Waals surface area contributed by atoms with Crippen LogP contribution in [0.2, 0.25) is 0 Å². The first kappa shape index (κ1) is 23.4. The van der Waals surface area contributed by atoms with Crippen LogP contribution in [0.1, 0.15) is 57.3 Å². The van der Waals surface area contributed by atoms with Crippen LogP contribution in [0.15, 0.2) is 10.6 Å². The van der Waals surface area contributed by atoms with E-state index < -0.39 is 0 Å². The molecular formula is C23H30N4O5S. The molecule has 0 saturated carbocycles. The highest BCUT2D eigenvalue weighted by atomic mass is 32.1. The molecule has 10 heteroatoms. The summed E-state index contributed by atoms with van der Waals surface area (Å²) in [5, 5.41) is 7.32. The lowest BCUT2D eigenvalue weighted by Crippen LogP contribution is -2.50. The second-order valence-electron chi connectivity index (χ2n) is 8.73. The molecule has 1 saturated heterocycles. The normalized spacial score (nSPS) is 18.6. The van der Waals surface area contributed by atoms with Crippen LogP contribution >= 0.6 is 11.3 Å². The molecule has 1 aliphatic heterocycles. The molecule has 0 bridgehead atoms. The number of ether oxygens (including phenoxy) is 1. The van der Waals surface area contributed by atoms with Crippen molar-refractivity contribution in [2.45, 2.75) is 40.0 Å². The molecule has 3 heterocycles. The molecule has 2 amide bonds. The molecule has 178 valence electrons. The number of aromatic nitrogens is 1. The number of anilines is 1. The molecule has 0 radical (unpaired) electrons. The van der Waals surface area contributed by atoms with Gasteiger partial charge in [-0.15, -0.1) is 11.3 Å². The number of hydrogen-bond donors (Lipinski definition) is 1. The van der Waals surface area contributed by atoms with Gasteiger partial charge in [0, 0.05) is 37.1 Å². The Bertz CT molecular complexity index is 1040. The minimum Gasteiger partial charge on any atom is -0.462 e. The summed E-state index contributed by atoms with van der Waals surface area (Å²) >= 11 is 1.49. The van der Waals surface area contributed by atoms with Gasteiger partial charge in [0.2, 0.25) is 11.7 Å². The highest BCUT2D eigenvalue weighted by Gasteiger charge is 2.30. The average molecular weight is 475 g/mol. The second kappa shape index (κ2) is 10.0. The SMILES string of the molecule is CCOC(=O)c1c(NC(=O)CN2CCN(C(=O)c3cc(C)no3)CC2)sc2c1CCC(C)C2. The van der Waals surface area contributed by atoms with Gasteiger partial charge in [0.1, 0.15) is 5.00 Å². The van der Waals surface area contributed by atoms with E-state index in [0.29, 0.717) is 55.0 Å². The van der Waals surface area contributed by atoms with Crippen molar-refractivity contribution < 1.29 is 23.6 Å². The van der Waals surface area contributed by atoms with Crippen molar-refractivity contribution in [1.29, 1.82) is 0 Å². The molecule has 1 N–H and O–H groups in total. The lowest BCUT2D eigenvalue weighted by molar-refractivity contribution is -0.117. The van der Waals surface area contributed by atoms with Gasteiger partial charge in [-0.1, -0.05) is 12.1 Å². The molecule has 33 heavy (non-hydrogen) atoms. The Morgan fingerprint density at radius 2 is 2.03 bits per heavy atom. The van der Waals surface area contributed by atoms with Crippen molar-refractivity contribution in [2.24, 2.45) is 5.92 Å². The fraction of sp³-hybridized carbons (Fsp3) is 0.565. The summed E-state index contributed by atoms with van der Waals surface area (Å²) in [4.78, 5) is 42.9. The van der Waals surface area contributed by atoms with Gasteiger partial charge in [0.05, 0.1) is 24.4 Å². The largest absolute Gasteiger partial charge is 0.462 e. The summed E-state index contributed by atoms with van der Waals surface area (Å²) < 4.78 is 10.4. The summed E-state index contributed by atoms with van der Waals surface area (Å²) in [5.74, 6) is 0.0837. The van der Waals surface area contributed by atoms with Gasteiger partial charge >= 0.3 is 5.97 Å². The van der Waals surface area contributed by atoms with E-state index in [-0.39, 0.29) is 30.1 Å². The van der Waals surface area contributed by atoms with Crippen LogP contribution in [0.4, 0.5) is 5.00 Å². The third-order valence-corrected chi connectivity index (χ3v) is 7.28. The van der Waals surface area contributed by atoms with E-state index in [1.165, 1.54) is 16.2 Å². The van der Waals surface area contributed by atoms with E-state index in [2.05, 4.69) is 17.4 Å². The average Bonchev–Trinajstić information content (AvgIpc) is 3.36. The van der Waals surface area contributed by atoms with Gasteiger partial charge in [0.25, 0.3) is 5.91 Å². The number of carbonyl (C=O) groups excluding carboxylic acids is 3. The van der Waals surface area contributed by atoms with Crippen molar-refractivity contribution in [3.8, 4) is 0 Å². The zero-order valence-corrected chi connectivity index (χ0v) is 20.1. The maximum atomic E-state index is 12.8. The number of nitrogens with zero attached hydrogens (tertiary/aromatic N) is 3. The van der Waals surface area contributed by atoms with Gasteiger partial charge in [0.15, 0.2) is 0 Å². The van der Waals surface area contributed by atoms with Gasteiger partial charge < -0.3 is 19.5 Å². The van der Waals surface area contributed by atoms with E-state index in [0.717, 1.165) is 24.8 Å². The fourth-order valence-corrected chi connectivity index (χ4v) is 5.77. The third-order valence-electron chi connectivity index (χ3n) is 6.11. The minimum atomic E-state index is -0.366. The Morgan fingerprint density at radius 1 is 1.27 bits per heavy atom. The van der Waals surface area contributed by atoms with Crippen LogP contribution in [0.25, 0.3) is 0 Å². The molecule has 9 nitrogen and oxygen atoms in total. The van der Waals surface area contributed by atoms with Crippen LogP contribution in [0.5, 0.6) is 0 Å². The second-order valence-corrected chi connectivity index (χ2v) is 9.83. The Balaban J connectivity index is 1.36. The number of piperazine rings is 1. The number of amides is 2. The molecule has 0 aromatic carbocycles. The maximum Gasteiger partial charge on any atom is 0.341 e. The molecule has 2 aliphatic rings. The summed E-state index contributed by atoms with van der Waals surface area (Å²) in [6.45, 7) is 8.43. The Morgan fingerprint density at radius 3 is 2.70 bits per heavy atom. The van der Waals surface area contributed by atoms with Crippen LogP contribution in [0, 0.1) is 12.8 Å². The molecule has 1 atom stereocenters. The zero-order valence-electron chi connectivity index (χ0n) is 19.3. The standard InChI is InChI=1S/C23H30N4O5S/c1-4-31-23(30)20-16-6-5-14(2)11-18(16)33-21(20)24-19(28)13-26-7-9-27(10-8-26)22(29)17-12-15(3)25-32-17/h12,14H,4-11,13H2,1-3H3,(H,24,28). The smallest absolute Gasteiger partial charge is 0.341 e. The molecule has 0 spiro atoms. The molecule has 1 fully saturated rings. The Kier molecular flexibility index (Phi) is 7.14. The first-order chi connectivity index (χ1) is 15.9. The first-order valence-electron chi connectivity index (χ1n) is 11.4. The van der Waals surface area contributed by atoms with Crippen LogP contribution in [-0.2, 0) is 22.4 Å². The van der Waals surface area contributed by atoms with Crippen molar-refractivity contribution in [1.82, 2.24) is 15.0 Å². The molecule has 4 rings (SSSR count). The summed E-state index contributed by atoms with van der Waals surface area (Å²) in [6.07, 6.45) is 2.78. The van der Waals surface area contributed by atoms with Gasteiger partial charge in [-0.2, -0.15) is 0 Å². The van der Waals surface area contributed by atoms with Crippen molar-refractivity contribution >= 4 is 34.1 Å². The van der Waals surface area contributed by atoms with Crippen molar-refractivity contribution in [2.75, 3.05) is 44.6 Å². The molecule has 2 aromatic heterocycles. The highest BCUT2D eigenvalue weighted by molar-refractivity contribution is 7.17. The third kappa shape index (κ3) is 5.27. The minimum absolute atomic E-state index is 0.169. The predicted molar refractivity (Wildman–Crippen MR) is 124 cm³/mol. The summed E-state index contributed by atoms with van der Waals surface area (Å²) in [5.41, 5.74) is 2.22. The van der Waals surface area contributed by atoms with Gasteiger partial charge in [-0.25, -0.2) is 4.79 Å². The fourth-order valence-electron chi connectivity index (χ4n) is 4.36. The Labute approximate surface area is 197 Å². The molecular weight excluding hydrogens is 444 g/mol.